The van der Waals surface area contributed by atoms with E-state index in [1.807, 2.05) is 6.92 Å². The van der Waals surface area contributed by atoms with Gasteiger partial charge in [-0.2, -0.15) is 0 Å². The molecule has 1 aliphatic heterocycles. The van der Waals surface area contributed by atoms with E-state index in [9.17, 15) is 24.8 Å². The molecule has 4 rings (SSSR count). The van der Waals surface area contributed by atoms with Gasteiger partial charge in [0, 0.05) is 23.8 Å². The lowest BCUT2D eigenvalue weighted by Gasteiger charge is -2.22. The Labute approximate surface area is 187 Å². The molecule has 0 spiro atoms. The second kappa shape index (κ2) is 8.58. The van der Waals surface area contributed by atoms with Crippen molar-refractivity contribution in [2.24, 2.45) is 0 Å². The number of carbonyl (C=O) groups is 2. The van der Waals surface area contributed by atoms with Crippen LogP contribution in [0.3, 0.4) is 0 Å². The van der Waals surface area contributed by atoms with Gasteiger partial charge in [0.1, 0.15) is 17.3 Å². The van der Waals surface area contributed by atoms with Crippen molar-refractivity contribution in [2.75, 3.05) is 11.5 Å². The van der Waals surface area contributed by atoms with Gasteiger partial charge < -0.3 is 14.4 Å². The monoisotopic (exact) mass is 449 g/mol. The molecule has 0 radical (unpaired) electrons. The molecule has 0 aliphatic carbocycles. The summed E-state index contributed by atoms with van der Waals surface area (Å²) in [6, 6.07) is 12.2. The number of hydrogen-bond acceptors (Lipinski definition) is 8. The van der Waals surface area contributed by atoms with Crippen molar-refractivity contribution >= 4 is 29.0 Å². The quantitative estimate of drug-likeness (QED) is 0.197. The second-order valence-electron chi connectivity index (χ2n) is 7.27. The minimum atomic E-state index is -1.15. The number of aliphatic hydroxyl groups excluding tert-OH is 1. The van der Waals surface area contributed by atoms with Gasteiger partial charge >= 0.3 is 5.91 Å². The third kappa shape index (κ3) is 3.93. The highest BCUT2D eigenvalue weighted by atomic mass is 16.6. The topological polar surface area (TPSA) is 136 Å². The average molecular weight is 449 g/mol. The van der Waals surface area contributed by atoms with E-state index in [0.29, 0.717) is 18.1 Å². The summed E-state index contributed by atoms with van der Waals surface area (Å²) in [6.07, 6.45) is 0. The zero-order chi connectivity index (χ0) is 23.7. The fraction of sp³-hybridized carbons (Fsp3) is 0.174. The van der Waals surface area contributed by atoms with Gasteiger partial charge in [0.05, 0.1) is 23.1 Å². The van der Waals surface area contributed by atoms with Crippen molar-refractivity contribution in [1.29, 1.82) is 0 Å². The number of ketones is 1. The summed E-state index contributed by atoms with van der Waals surface area (Å²) >= 11 is 0. The van der Waals surface area contributed by atoms with E-state index in [1.54, 1.807) is 31.2 Å². The van der Waals surface area contributed by atoms with E-state index in [1.165, 1.54) is 30.3 Å². The molecule has 10 heteroatoms. The molecule has 1 aliphatic rings. The highest BCUT2D eigenvalue weighted by Gasteiger charge is 2.48. The van der Waals surface area contributed by atoms with Gasteiger partial charge in [0.25, 0.3) is 11.5 Å². The first-order valence-corrected chi connectivity index (χ1v) is 10.0. The van der Waals surface area contributed by atoms with Gasteiger partial charge in [-0.05, 0) is 43.7 Å². The number of rotatable bonds is 6. The molecule has 168 valence electrons. The molecule has 0 saturated carbocycles. The molecule has 10 nitrogen and oxygen atoms in total. The predicted octanol–water partition coefficient (Wildman–Crippen LogP) is 3.92. The summed E-state index contributed by atoms with van der Waals surface area (Å²) in [7, 11) is 0. The van der Waals surface area contributed by atoms with Crippen LogP contribution in [0.2, 0.25) is 0 Å². The number of aryl methyl sites for hydroxylation is 1. The normalized spacial score (nSPS) is 17.4. The minimum Gasteiger partial charge on any atom is -0.507 e. The maximum Gasteiger partial charge on any atom is 0.301 e. The molecule has 3 aromatic rings. The number of benzene rings is 2. The maximum absolute atomic E-state index is 13.1. The van der Waals surface area contributed by atoms with Crippen molar-refractivity contribution in [3.63, 3.8) is 0 Å². The number of nitro groups is 1. The zero-order valence-electron chi connectivity index (χ0n) is 17.7. The van der Waals surface area contributed by atoms with Gasteiger partial charge in [-0.15, -0.1) is 0 Å². The number of carbonyl (C=O) groups excluding carboxylic acids is 2. The van der Waals surface area contributed by atoms with Crippen LogP contribution < -0.4 is 9.64 Å². The first-order valence-electron chi connectivity index (χ1n) is 10.0. The smallest absolute Gasteiger partial charge is 0.301 e. The molecule has 1 N–H and O–H groups in total. The Morgan fingerprint density at radius 2 is 1.94 bits per heavy atom. The summed E-state index contributed by atoms with van der Waals surface area (Å²) < 4.78 is 10.5. The number of aliphatic hydroxyl groups is 1. The van der Waals surface area contributed by atoms with E-state index < -0.39 is 28.4 Å². The summed E-state index contributed by atoms with van der Waals surface area (Å²) in [5.41, 5.74) is 0.0977. The van der Waals surface area contributed by atoms with Crippen LogP contribution in [0.5, 0.6) is 5.75 Å². The number of aromatic nitrogens is 1. The lowest BCUT2D eigenvalue weighted by atomic mass is 9.95. The van der Waals surface area contributed by atoms with Crippen LogP contribution in [0, 0.1) is 17.0 Å². The van der Waals surface area contributed by atoms with Crippen LogP contribution >= 0.6 is 0 Å². The fourth-order valence-corrected chi connectivity index (χ4v) is 3.69. The molecule has 33 heavy (non-hydrogen) atoms. The van der Waals surface area contributed by atoms with Gasteiger partial charge in [-0.25, -0.2) is 0 Å². The Morgan fingerprint density at radius 3 is 2.55 bits per heavy atom. The highest BCUT2D eigenvalue weighted by molar-refractivity contribution is 6.51. The fourth-order valence-electron chi connectivity index (χ4n) is 3.69. The second-order valence-corrected chi connectivity index (χ2v) is 7.27. The number of nitrogens with zero attached hydrogens (tertiary/aromatic N) is 3. The molecular weight excluding hydrogens is 430 g/mol. The number of amides is 1. The third-order valence-electron chi connectivity index (χ3n) is 5.14. The average Bonchev–Trinajstić information content (AvgIpc) is 3.34. The lowest BCUT2D eigenvalue weighted by Crippen LogP contribution is -2.29. The lowest BCUT2D eigenvalue weighted by molar-refractivity contribution is -0.384. The van der Waals surface area contributed by atoms with Crippen molar-refractivity contribution in [3.8, 4) is 5.75 Å². The Balaban J connectivity index is 1.91. The van der Waals surface area contributed by atoms with Gasteiger partial charge in [-0.1, -0.05) is 17.3 Å². The number of hydrogen-bond donors (Lipinski definition) is 1. The van der Waals surface area contributed by atoms with Crippen molar-refractivity contribution in [3.05, 3.63) is 87.2 Å². The highest BCUT2D eigenvalue weighted by Crippen LogP contribution is 2.42. The van der Waals surface area contributed by atoms with Crippen LogP contribution in [0.4, 0.5) is 11.5 Å². The van der Waals surface area contributed by atoms with E-state index in [-0.39, 0.29) is 28.2 Å². The molecule has 0 bridgehead atoms. The molecule has 2 aromatic carbocycles. The molecule has 1 saturated heterocycles. The van der Waals surface area contributed by atoms with Crippen molar-refractivity contribution in [1.82, 2.24) is 5.16 Å². The van der Waals surface area contributed by atoms with Gasteiger partial charge in [-0.3, -0.25) is 24.6 Å². The Hall–Kier alpha value is -4.47. The largest absolute Gasteiger partial charge is 0.507 e. The molecule has 1 unspecified atom stereocenters. The number of non-ortho nitro benzene ring substituents is 1. The van der Waals surface area contributed by atoms with Crippen molar-refractivity contribution in [2.45, 2.75) is 19.9 Å². The summed E-state index contributed by atoms with van der Waals surface area (Å²) in [6.45, 7) is 3.91. The number of ether oxygens (including phenoxy) is 1. The SMILES string of the molecule is CCOc1ccc(/C(O)=C2\C(=O)C(=O)N(c3cc(C)on3)C2c2cccc([N+](=O)[O-])c2)cc1. The Bertz CT molecular complexity index is 1280. The Kier molecular flexibility index (Phi) is 5.65. The van der Waals surface area contributed by atoms with Gasteiger partial charge in [0.2, 0.25) is 0 Å². The first kappa shape index (κ1) is 21.8. The molecule has 2 heterocycles. The predicted molar refractivity (Wildman–Crippen MR) is 117 cm³/mol. The number of Topliss-reactive ketones (excluding diaryl/α,β-unsaturated/α-hetero) is 1. The van der Waals surface area contributed by atoms with E-state index in [0.717, 1.165) is 4.90 Å². The van der Waals surface area contributed by atoms with Crippen LogP contribution in [-0.4, -0.2) is 33.5 Å². The maximum atomic E-state index is 13.1. The standard InChI is InChI=1S/C23H19N3O7/c1-3-32-17-9-7-14(8-10-17)21(27)19-20(15-5-4-6-16(12-15)26(30)31)25(23(29)22(19)28)18-11-13(2)33-24-18/h4-12,20,27H,3H2,1-2H3/b21-19+. The van der Waals surface area contributed by atoms with E-state index >= 15 is 0 Å². The van der Waals surface area contributed by atoms with Crippen LogP contribution in [0.15, 0.2) is 64.7 Å². The third-order valence-corrected chi connectivity index (χ3v) is 5.14. The summed E-state index contributed by atoms with van der Waals surface area (Å²) in [5, 5.41) is 26.2. The van der Waals surface area contributed by atoms with Crippen molar-refractivity contribution < 1.29 is 28.9 Å². The van der Waals surface area contributed by atoms with E-state index in [4.69, 9.17) is 9.26 Å². The minimum absolute atomic E-state index is 0.0526. The molecule has 1 atom stereocenters. The molecule has 1 amide bonds. The van der Waals surface area contributed by atoms with Crippen LogP contribution in [-0.2, 0) is 9.59 Å². The Morgan fingerprint density at radius 1 is 1.21 bits per heavy atom. The van der Waals surface area contributed by atoms with Crippen LogP contribution in [0.25, 0.3) is 5.76 Å². The van der Waals surface area contributed by atoms with Crippen LogP contribution in [0.1, 0.15) is 29.9 Å². The molecular formula is C23H19N3O7. The van der Waals surface area contributed by atoms with Gasteiger partial charge in [0.15, 0.2) is 5.82 Å². The zero-order valence-corrected chi connectivity index (χ0v) is 17.7. The number of nitro benzene ring substituents is 1. The van der Waals surface area contributed by atoms with E-state index in [2.05, 4.69) is 5.16 Å². The summed E-state index contributed by atoms with van der Waals surface area (Å²) in [5.74, 6) is -1.28. The molecule has 1 fully saturated rings. The summed E-state index contributed by atoms with van der Waals surface area (Å²) in [4.78, 5) is 37.9. The molecule has 1 aromatic heterocycles. The first-order chi connectivity index (χ1) is 15.8. The number of anilines is 1.